The summed E-state index contributed by atoms with van der Waals surface area (Å²) in [5, 5.41) is 9.86. The highest BCUT2D eigenvalue weighted by Crippen LogP contribution is 2.21. The van der Waals surface area contributed by atoms with E-state index in [1.807, 2.05) is 13.0 Å². The minimum Gasteiger partial charge on any atom is -0.491 e. The van der Waals surface area contributed by atoms with E-state index in [-0.39, 0.29) is 13.2 Å². The molecule has 0 radical (unpaired) electrons. The summed E-state index contributed by atoms with van der Waals surface area (Å²) in [6.45, 7) is 2.31. The zero-order chi connectivity index (χ0) is 10.6. The molecular formula is C10H14ClNO2. The summed E-state index contributed by atoms with van der Waals surface area (Å²) in [4.78, 5) is 0. The molecule has 0 aromatic heterocycles. The first-order valence-electron chi connectivity index (χ1n) is 4.40. The van der Waals surface area contributed by atoms with Crippen LogP contribution in [0.1, 0.15) is 5.56 Å². The third-order valence-corrected chi connectivity index (χ3v) is 2.08. The molecule has 0 heterocycles. The molecule has 0 bridgehead atoms. The van der Waals surface area contributed by atoms with Gasteiger partial charge in [0.25, 0.3) is 0 Å². The summed E-state index contributed by atoms with van der Waals surface area (Å²) < 4.78 is 5.36. The number of benzene rings is 1. The summed E-state index contributed by atoms with van der Waals surface area (Å²) in [5.41, 5.74) is 6.19. The number of ether oxygens (including phenoxy) is 1. The number of hydrogen-bond donors (Lipinski definition) is 2. The van der Waals surface area contributed by atoms with Crippen LogP contribution in [-0.4, -0.2) is 24.4 Å². The van der Waals surface area contributed by atoms with Crippen LogP contribution < -0.4 is 10.5 Å². The third-order valence-electron chi connectivity index (χ3n) is 1.84. The van der Waals surface area contributed by atoms with Gasteiger partial charge in [0.05, 0.1) is 0 Å². The SMILES string of the molecule is Cc1cc(Cl)ccc1OCC(O)CN. The second-order valence-electron chi connectivity index (χ2n) is 3.11. The molecule has 0 saturated heterocycles. The molecule has 78 valence electrons. The first-order valence-corrected chi connectivity index (χ1v) is 4.78. The standard InChI is InChI=1S/C10H14ClNO2/c1-7-4-8(11)2-3-10(7)14-6-9(13)5-12/h2-4,9,13H,5-6,12H2,1H3. The Morgan fingerprint density at radius 3 is 2.86 bits per heavy atom. The lowest BCUT2D eigenvalue weighted by molar-refractivity contribution is 0.114. The van der Waals surface area contributed by atoms with Gasteiger partial charge in [-0.3, -0.25) is 0 Å². The van der Waals surface area contributed by atoms with E-state index < -0.39 is 6.10 Å². The summed E-state index contributed by atoms with van der Waals surface area (Å²) in [6, 6.07) is 5.34. The molecule has 0 fully saturated rings. The Balaban J connectivity index is 2.59. The summed E-state index contributed by atoms with van der Waals surface area (Å²) in [5.74, 6) is 0.724. The number of aryl methyl sites for hydroxylation is 1. The van der Waals surface area contributed by atoms with Crippen LogP contribution in [0.5, 0.6) is 5.75 Å². The first-order chi connectivity index (χ1) is 6.63. The molecule has 0 amide bonds. The fraction of sp³-hybridized carbons (Fsp3) is 0.400. The lowest BCUT2D eigenvalue weighted by Crippen LogP contribution is -2.26. The maximum atomic E-state index is 9.19. The monoisotopic (exact) mass is 215 g/mol. The van der Waals surface area contributed by atoms with Gasteiger partial charge in [0, 0.05) is 11.6 Å². The molecular weight excluding hydrogens is 202 g/mol. The maximum absolute atomic E-state index is 9.19. The Labute approximate surface area is 88.4 Å². The van der Waals surface area contributed by atoms with Crippen LogP contribution in [0.4, 0.5) is 0 Å². The van der Waals surface area contributed by atoms with Crippen LogP contribution in [0, 0.1) is 6.92 Å². The molecule has 0 saturated carbocycles. The second-order valence-corrected chi connectivity index (χ2v) is 3.55. The number of halogens is 1. The Morgan fingerprint density at radius 1 is 1.57 bits per heavy atom. The Bertz CT molecular complexity index is 304. The quantitative estimate of drug-likeness (QED) is 0.797. The summed E-state index contributed by atoms with van der Waals surface area (Å²) in [6.07, 6.45) is -0.620. The normalized spacial score (nSPS) is 12.6. The molecule has 14 heavy (non-hydrogen) atoms. The highest BCUT2D eigenvalue weighted by Gasteiger charge is 2.04. The van der Waals surface area contributed by atoms with Gasteiger partial charge >= 0.3 is 0 Å². The highest BCUT2D eigenvalue weighted by molar-refractivity contribution is 6.30. The average Bonchev–Trinajstić information content (AvgIpc) is 2.16. The van der Waals surface area contributed by atoms with Crippen molar-refractivity contribution in [2.45, 2.75) is 13.0 Å². The van der Waals surface area contributed by atoms with Gasteiger partial charge in [0.2, 0.25) is 0 Å². The van der Waals surface area contributed by atoms with Crippen molar-refractivity contribution in [3.05, 3.63) is 28.8 Å². The molecule has 1 atom stereocenters. The van der Waals surface area contributed by atoms with Crippen molar-refractivity contribution >= 4 is 11.6 Å². The van der Waals surface area contributed by atoms with E-state index in [0.29, 0.717) is 5.02 Å². The number of aliphatic hydroxyl groups excluding tert-OH is 1. The Kier molecular flexibility index (Phi) is 4.20. The molecule has 3 nitrogen and oxygen atoms in total. The fourth-order valence-corrected chi connectivity index (χ4v) is 1.26. The lowest BCUT2D eigenvalue weighted by atomic mass is 10.2. The number of aliphatic hydroxyl groups is 1. The van der Waals surface area contributed by atoms with Crippen molar-refractivity contribution < 1.29 is 9.84 Å². The van der Waals surface area contributed by atoms with E-state index in [2.05, 4.69) is 0 Å². The minimum atomic E-state index is -0.620. The maximum Gasteiger partial charge on any atom is 0.122 e. The van der Waals surface area contributed by atoms with Crippen LogP contribution in [0.25, 0.3) is 0 Å². The van der Waals surface area contributed by atoms with Crippen LogP contribution >= 0.6 is 11.6 Å². The van der Waals surface area contributed by atoms with E-state index in [1.165, 1.54) is 0 Å². The first kappa shape index (κ1) is 11.3. The van der Waals surface area contributed by atoms with E-state index in [9.17, 15) is 5.11 Å². The smallest absolute Gasteiger partial charge is 0.122 e. The third kappa shape index (κ3) is 3.18. The molecule has 3 N–H and O–H groups in total. The van der Waals surface area contributed by atoms with E-state index in [1.54, 1.807) is 12.1 Å². The Hall–Kier alpha value is -0.770. The predicted molar refractivity (Wildman–Crippen MR) is 56.7 cm³/mol. The number of hydrogen-bond acceptors (Lipinski definition) is 3. The van der Waals surface area contributed by atoms with Crippen LogP contribution in [0.15, 0.2) is 18.2 Å². The molecule has 0 aliphatic heterocycles. The van der Waals surface area contributed by atoms with Crippen LogP contribution in [-0.2, 0) is 0 Å². The topological polar surface area (TPSA) is 55.5 Å². The zero-order valence-electron chi connectivity index (χ0n) is 8.03. The zero-order valence-corrected chi connectivity index (χ0v) is 8.79. The van der Waals surface area contributed by atoms with Gasteiger partial charge in [-0.15, -0.1) is 0 Å². The largest absolute Gasteiger partial charge is 0.491 e. The van der Waals surface area contributed by atoms with Crippen LogP contribution in [0.2, 0.25) is 5.02 Å². The number of nitrogens with two attached hydrogens (primary N) is 1. The van der Waals surface area contributed by atoms with Crippen molar-refractivity contribution in [2.24, 2.45) is 5.73 Å². The number of rotatable bonds is 4. The highest BCUT2D eigenvalue weighted by atomic mass is 35.5. The van der Waals surface area contributed by atoms with Crippen molar-refractivity contribution in [1.82, 2.24) is 0 Å². The molecule has 1 unspecified atom stereocenters. The van der Waals surface area contributed by atoms with Gasteiger partial charge in [-0.1, -0.05) is 11.6 Å². The van der Waals surface area contributed by atoms with Crippen molar-refractivity contribution in [1.29, 1.82) is 0 Å². The molecule has 0 spiro atoms. The molecule has 0 aliphatic carbocycles. The summed E-state index contributed by atoms with van der Waals surface area (Å²) >= 11 is 5.78. The van der Waals surface area contributed by atoms with Crippen LogP contribution in [0.3, 0.4) is 0 Å². The van der Waals surface area contributed by atoms with Gasteiger partial charge in [-0.25, -0.2) is 0 Å². The summed E-state index contributed by atoms with van der Waals surface area (Å²) in [7, 11) is 0. The van der Waals surface area contributed by atoms with Crippen molar-refractivity contribution in [2.75, 3.05) is 13.2 Å². The van der Waals surface area contributed by atoms with Gasteiger partial charge in [0.15, 0.2) is 0 Å². The molecule has 1 aromatic rings. The van der Waals surface area contributed by atoms with Gasteiger partial charge in [-0.2, -0.15) is 0 Å². The van der Waals surface area contributed by atoms with Gasteiger partial charge in [-0.05, 0) is 30.7 Å². The molecule has 1 rings (SSSR count). The van der Waals surface area contributed by atoms with E-state index >= 15 is 0 Å². The van der Waals surface area contributed by atoms with Crippen molar-refractivity contribution in [3.63, 3.8) is 0 Å². The van der Waals surface area contributed by atoms with Gasteiger partial charge in [0.1, 0.15) is 18.5 Å². The average molecular weight is 216 g/mol. The Morgan fingerprint density at radius 2 is 2.29 bits per heavy atom. The predicted octanol–water partition coefficient (Wildman–Crippen LogP) is 1.35. The fourth-order valence-electron chi connectivity index (χ4n) is 1.03. The van der Waals surface area contributed by atoms with Crippen molar-refractivity contribution in [3.8, 4) is 5.75 Å². The van der Waals surface area contributed by atoms with Gasteiger partial charge < -0.3 is 15.6 Å². The molecule has 4 heteroatoms. The molecule has 1 aromatic carbocycles. The van der Waals surface area contributed by atoms with E-state index in [4.69, 9.17) is 22.1 Å². The minimum absolute atomic E-state index is 0.201. The lowest BCUT2D eigenvalue weighted by Gasteiger charge is -2.12. The second kappa shape index (κ2) is 5.20. The molecule has 0 aliphatic rings. The van der Waals surface area contributed by atoms with E-state index in [0.717, 1.165) is 11.3 Å².